The van der Waals surface area contributed by atoms with Crippen molar-refractivity contribution >= 4 is 17.3 Å². The summed E-state index contributed by atoms with van der Waals surface area (Å²) >= 11 is 5.73. The van der Waals surface area contributed by atoms with Gasteiger partial charge in [0.1, 0.15) is 5.82 Å². The Morgan fingerprint density at radius 2 is 2.00 bits per heavy atom. The number of hydrogen-bond acceptors (Lipinski definition) is 3. The maximum absolute atomic E-state index is 13.4. The second-order valence-electron chi connectivity index (χ2n) is 3.63. The first-order valence-electron chi connectivity index (χ1n) is 5.60. The van der Waals surface area contributed by atoms with Gasteiger partial charge in [-0.25, -0.2) is 8.78 Å². The van der Waals surface area contributed by atoms with Crippen LogP contribution >= 0.6 is 11.6 Å². The maximum Gasteiger partial charge on any atom is 0.150 e. The van der Waals surface area contributed by atoms with Crippen LogP contribution in [0.25, 0.3) is 0 Å². The zero-order valence-corrected chi connectivity index (χ0v) is 10.9. The topological polar surface area (TPSA) is 30.5 Å². The summed E-state index contributed by atoms with van der Waals surface area (Å²) in [7, 11) is 1.60. The molecular formula is C12H16ClF2NO2. The fraction of sp³-hybridized carbons (Fsp3) is 0.500. The molecule has 3 nitrogen and oxygen atoms in total. The molecule has 0 amide bonds. The van der Waals surface area contributed by atoms with Crippen LogP contribution in [0.1, 0.15) is 6.42 Å². The lowest BCUT2D eigenvalue weighted by Crippen LogP contribution is -2.09. The van der Waals surface area contributed by atoms with Crippen molar-refractivity contribution < 1.29 is 18.3 Å². The normalized spacial score (nSPS) is 10.7. The highest BCUT2D eigenvalue weighted by Crippen LogP contribution is 2.26. The van der Waals surface area contributed by atoms with Crippen LogP contribution in [-0.4, -0.2) is 33.5 Å². The van der Waals surface area contributed by atoms with Crippen molar-refractivity contribution in [1.29, 1.82) is 0 Å². The molecular weight excluding hydrogens is 264 g/mol. The Kier molecular flexibility index (Phi) is 6.93. The van der Waals surface area contributed by atoms with Gasteiger partial charge in [0.25, 0.3) is 0 Å². The number of methoxy groups -OCH3 is 1. The predicted octanol–water partition coefficient (Wildman–Crippen LogP) is 3.08. The Bertz CT molecular complexity index is 354. The molecule has 0 bridgehead atoms. The molecule has 0 atom stereocenters. The number of ether oxygens (including phenoxy) is 2. The van der Waals surface area contributed by atoms with Crippen LogP contribution in [0.3, 0.4) is 0 Å². The van der Waals surface area contributed by atoms with Crippen LogP contribution in [0.4, 0.5) is 14.5 Å². The molecule has 1 aromatic rings. The van der Waals surface area contributed by atoms with Gasteiger partial charge in [-0.2, -0.15) is 0 Å². The fourth-order valence-electron chi connectivity index (χ4n) is 1.34. The van der Waals surface area contributed by atoms with E-state index in [-0.39, 0.29) is 10.7 Å². The lowest BCUT2D eigenvalue weighted by atomic mass is 10.3. The molecule has 0 aromatic heterocycles. The van der Waals surface area contributed by atoms with Crippen LogP contribution in [0.15, 0.2) is 12.1 Å². The van der Waals surface area contributed by atoms with Gasteiger partial charge in [-0.3, -0.25) is 0 Å². The van der Waals surface area contributed by atoms with Gasteiger partial charge in [-0.1, -0.05) is 11.6 Å². The van der Waals surface area contributed by atoms with Gasteiger partial charge < -0.3 is 14.8 Å². The van der Waals surface area contributed by atoms with Crippen molar-refractivity contribution in [3.63, 3.8) is 0 Å². The number of benzene rings is 1. The van der Waals surface area contributed by atoms with E-state index >= 15 is 0 Å². The van der Waals surface area contributed by atoms with E-state index in [2.05, 4.69) is 5.32 Å². The van der Waals surface area contributed by atoms with Crippen LogP contribution in [0.2, 0.25) is 5.02 Å². The van der Waals surface area contributed by atoms with E-state index in [1.54, 1.807) is 7.11 Å². The second-order valence-corrected chi connectivity index (χ2v) is 4.04. The molecule has 0 heterocycles. The summed E-state index contributed by atoms with van der Waals surface area (Å²) in [6, 6.07) is 1.87. The smallest absolute Gasteiger partial charge is 0.150 e. The zero-order valence-electron chi connectivity index (χ0n) is 10.1. The van der Waals surface area contributed by atoms with E-state index in [1.165, 1.54) is 0 Å². The average Bonchev–Trinajstić information content (AvgIpc) is 2.30. The average molecular weight is 280 g/mol. The van der Waals surface area contributed by atoms with Gasteiger partial charge in [-0.05, 0) is 12.5 Å². The van der Waals surface area contributed by atoms with Crippen molar-refractivity contribution in [2.75, 3.05) is 38.8 Å². The van der Waals surface area contributed by atoms with Crippen molar-refractivity contribution in [2.24, 2.45) is 0 Å². The molecule has 1 rings (SSSR count). The zero-order chi connectivity index (χ0) is 13.4. The summed E-state index contributed by atoms with van der Waals surface area (Å²) in [6.07, 6.45) is 0.691. The first kappa shape index (κ1) is 15.1. The fourth-order valence-corrected chi connectivity index (χ4v) is 1.60. The van der Waals surface area contributed by atoms with Crippen molar-refractivity contribution in [3.05, 3.63) is 28.8 Å². The summed E-state index contributed by atoms with van der Waals surface area (Å²) in [5.41, 5.74) is 0.120. The van der Waals surface area contributed by atoms with Gasteiger partial charge in [0.05, 0.1) is 23.9 Å². The molecule has 0 saturated heterocycles. The minimum absolute atomic E-state index is 0.0350. The molecule has 0 saturated carbocycles. The summed E-state index contributed by atoms with van der Waals surface area (Å²) in [4.78, 5) is 0. The van der Waals surface area contributed by atoms with Crippen LogP contribution < -0.4 is 5.32 Å². The van der Waals surface area contributed by atoms with Gasteiger partial charge >= 0.3 is 0 Å². The number of nitrogens with one attached hydrogen (secondary N) is 1. The van der Waals surface area contributed by atoms with Crippen LogP contribution in [-0.2, 0) is 9.47 Å². The summed E-state index contributed by atoms with van der Waals surface area (Å²) in [5.74, 6) is -1.38. The van der Waals surface area contributed by atoms with E-state index in [9.17, 15) is 8.78 Å². The van der Waals surface area contributed by atoms with E-state index in [4.69, 9.17) is 21.1 Å². The van der Waals surface area contributed by atoms with E-state index in [0.717, 1.165) is 12.1 Å². The lowest BCUT2D eigenvalue weighted by Gasteiger charge is -2.09. The molecule has 6 heteroatoms. The molecule has 102 valence electrons. The monoisotopic (exact) mass is 279 g/mol. The highest BCUT2D eigenvalue weighted by atomic mass is 35.5. The molecule has 1 N–H and O–H groups in total. The van der Waals surface area contributed by atoms with Crippen molar-refractivity contribution in [2.45, 2.75) is 6.42 Å². The Balaban J connectivity index is 2.27. The highest BCUT2D eigenvalue weighted by molar-refractivity contribution is 6.33. The number of rotatable bonds is 8. The molecule has 18 heavy (non-hydrogen) atoms. The van der Waals surface area contributed by atoms with Crippen LogP contribution in [0, 0.1) is 11.6 Å². The number of hydrogen-bond donors (Lipinski definition) is 1. The molecule has 0 spiro atoms. The predicted molar refractivity (Wildman–Crippen MR) is 67.2 cm³/mol. The minimum atomic E-state index is -0.694. The first-order valence-corrected chi connectivity index (χ1v) is 5.98. The molecule has 0 fully saturated rings. The van der Waals surface area contributed by atoms with Crippen molar-refractivity contribution in [3.8, 4) is 0 Å². The molecule has 0 aliphatic rings. The van der Waals surface area contributed by atoms with Gasteiger partial charge in [0.2, 0.25) is 0 Å². The Morgan fingerprint density at radius 1 is 1.22 bits per heavy atom. The lowest BCUT2D eigenvalue weighted by molar-refractivity contribution is 0.0705. The van der Waals surface area contributed by atoms with Gasteiger partial charge in [0.15, 0.2) is 5.82 Å². The quantitative estimate of drug-likeness (QED) is 0.742. The minimum Gasteiger partial charge on any atom is -0.382 e. The van der Waals surface area contributed by atoms with E-state index in [1.807, 2.05) is 0 Å². The molecule has 0 radical (unpaired) electrons. The second kappa shape index (κ2) is 8.24. The Hall–Kier alpha value is -0.910. The third-order valence-electron chi connectivity index (χ3n) is 2.21. The largest absolute Gasteiger partial charge is 0.382 e. The van der Waals surface area contributed by atoms with Gasteiger partial charge in [0, 0.05) is 26.3 Å². The summed E-state index contributed by atoms with van der Waals surface area (Å²) < 4.78 is 36.2. The van der Waals surface area contributed by atoms with Crippen LogP contribution in [0.5, 0.6) is 0 Å². The number of halogens is 3. The maximum atomic E-state index is 13.4. The Morgan fingerprint density at radius 3 is 2.67 bits per heavy atom. The molecule has 0 unspecified atom stereocenters. The third-order valence-corrected chi connectivity index (χ3v) is 2.50. The standard InChI is InChI=1S/C12H16ClF2NO2/c1-17-5-6-18-4-2-3-16-12-10(13)7-9(14)8-11(12)15/h7-8,16H,2-6H2,1H3. The summed E-state index contributed by atoms with van der Waals surface area (Å²) in [6.45, 7) is 2.11. The SMILES string of the molecule is COCCOCCCNc1c(F)cc(F)cc1Cl. The van der Waals surface area contributed by atoms with E-state index < -0.39 is 11.6 Å². The third kappa shape index (κ3) is 5.16. The highest BCUT2D eigenvalue weighted by Gasteiger charge is 2.08. The summed E-state index contributed by atoms with van der Waals surface area (Å²) in [5, 5.41) is 2.85. The molecule has 1 aromatic carbocycles. The first-order chi connectivity index (χ1) is 8.65. The number of anilines is 1. The van der Waals surface area contributed by atoms with E-state index in [0.29, 0.717) is 32.8 Å². The Labute approximate surface area is 110 Å². The van der Waals surface area contributed by atoms with Crippen molar-refractivity contribution in [1.82, 2.24) is 0 Å². The molecule has 0 aliphatic heterocycles. The van der Waals surface area contributed by atoms with Gasteiger partial charge in [-0.15, -0.1) is 0 Å². The molecule has 0 aliphatic carbocycles.